The van der Waals surface area contributed by atoms with Crippen molar-refractivity contribution in [2.24, 2.45) is 0 Å². The summed E-state index contributed by atoms with van der Waals surface area (Å²) in [6.45, 7) is 17.1. The van der Waals surface area contributed by atoms with Gasteiger partial charge in [0.1, 0.15) is 23.9 Å². The number of hydrogen-bond donors (Lipinski definition) is 2. The number of piperazine rings is 1. The van der Waals surface area contributed by atoms with Crippen LogP contribution in [0.2, 0.25) is 0 Å². The quantitative estimate of drug-likeness (QED) is 0.130. The van der Waals surface area contributed by atoms with E-state index in [0.29, 0.717) is 41.1 Å². The van der Waals surface area contributed by atoms with Gasteiger partial charge in [-0.2, -0.15) is 4.98 Å². The van der Waals surface area contributed by atoms with Gasteiger partial charge in [0.25, 0.3) is 0 Å². The summed E-state index contributed by atoms with van der Waals surface area (Å²) in [7, 11) is 1.49. The molecule has 0 saturated carbocycles. The summed E-state index contributed by atoms with van der Waals surface area (Å²) in [6, 6.07) is 17.5. The number of aryl methyl sites for hydroxylation is 2. The Hall–Kier alpha value is -5.27. The lowest BCUT2D eigenvalue weighted by Crippen LogP contribution is -2.49. The lowest BCUT2D eigenvalue weighted by atomic mass is 10.1. The molecule has 3 aromatic carbocycles. The highest BCUT2D eigenvalue weighted by Crippen LogP contribution is 2.36. The number of methoxy groups -OCH3 is 1. The predicted octanol–water partition coefficient (Wildman–Crippen LogP) is 7.18. The fourth-order valence-corrected chi connectivity index (χ4v) is 6.19. The molecule has 4 aromatic rings. The zero-order valence-electron chi connectivity index (χ0n) is 32.3. The molecule has 2 N–H and O–H groups in total. The van der Waals surface area contributed by atoms with Crippen molar-refractivity contribution in [3.05, 3.63) is 89.4 Å². The molecule has 2 amide bonds. The normalized spacial score (nSPS) is 14.0. The number of para-hydroxylation sites is 1. The highest BCUT2D eigenvalue weighted by atomic mass is 19.1. The van der Waals surface area contributed by atoms with Gasteiger partial charge in [0.05, 0.1) is 19.2 Å². The number of ether oxygens (including phenoxy) is 3. The Labute approximate surface area is 317 Å². The van der Waals surface area contributed by atoms with Gasteiger partial charge >= 0.3 is 6.09 Å². The van der Waals surface area contributed by atoms with Crippen LogP contribution in [0.3, 0.4) is 0 Å². The van der Waals surface area contributed by atoms with Crippen LogP contribution in [0.15, 0.2) is 66.9 Å². The van der Waals surface area contributed by atoms with E-state index in [9.17, 15) is 9.59 Å². The van der Waals surface area contributed by atoms with E-state index in [2.05, 4.69) is 44.2 Å². The molecule has 1 aliphatic heterocycles. The molecule has 1 aliphatic rings. The first-order valence-corrected chi connectivity index (χ1v) is 18.5. The Bertz CT molecular complexity index is 1880. The maximum atomic E-state index is 15.2. The van der Waals surface area contributed by atoms with Crippen LogP contribution in [-0.2, 0) is 11.2 Å². The molecule has 0 spiro atoms. The van der Waals surface area contributed by atoms with Crippen molar-refractivity contribution in [1.82, 2.24) is 25.1 Å². The molecule has 0 radical (unpaired) electrons. The molecule has 1 unspecified atom stereocenters. The molecule has 2 heterocycles. The van der Waals surface area contributed by atoms with E-state index in [1.807, 2.05) is 45.9 Å². The molecule has 54 heavy (non-hydrogen) atoms. The number of aromatic nitrogens is 2. The van der Waals surface area contributed by atoms with Gasteiger partial charge < -0.3 is 24.8 Å². The Morgan fingerprint density at radius 2 is 1.70 bits per heavy atom. The lowest BCUT2D eigenvalue weighted by Gasteiger charge is -2.36. The molecule has 1 saturated heterocycles. The van der Waals surface area contributed by atoms with Crippen LogP contribution < -0.4 is 29.7 Å². The van der Waals surface area contributed by atoms with Gasteiger partial charge in [-0.1, -0.05) is 31.2 Å². The number of carbonyl (C=O) groups excluding carboxylic acids is 2. The Balaban J connectivity index is 1.35. The number of carbonyl (C=O) groups is 2. The fourth-order valence-electron chi connectivity index (χ4n) is 6.19. The molecule has 13 heteroatoms. The van der Waals surface area contributed by atoms with E-state index in [0.717, 1.165) is 50.3 Å². The lowest BCUT2D eigenvalue weighted by molar-refractivity contribution is -0.121. The number of hydrogen-bond acceptors (Lipinski definition) is 10. The minimum atomic E-state index is -0.744. The second-order valence-electron chi connectivity index (χ2n) is 13.8. The van der Waals surface area contributed by atoms with E-state index in [1.54, 1.807) is 36.4 Å². The summed E-state index contributed by atoms with van der Waals surface area (Å²) in [4.78, 5) is 41.8. The number of nitrogens with zero attached hydrogens (tertiary/aromatic N) is 5. The van der Waals surface area contributed by atoms with Crippen molar-refractivity contribution in [2.45, 2.75) is 66.5 Å². The number of nitrogens with one attached hydrogen (secondary N) is 2. The van der Waals surface area contributed by atoms with Crippen molar-refractivity contribution >= 4 is 35.1 Å². The third-order valence-electron chi connectivity index (χ3n) is 9.51. The topological polar surface area (TPSA) is 121 Å². The van der Waals surface area contributed by atoms with Crippen LogP contribution in [0, 0.1) is 19.7 Å². The van der Waals surface area contributed by atoms with Crippen molar-refractivity contribution in [2.75, 3.05) is 56.7 Å². The van der Waals surface area contributed by atoms with Crippen LogP contribution >= 0.6 is 0 Å². The molecule has 1 atom stereocenters. The zero-order chi connectivity index (χ0) is 38.8. The van der Waals surface area contributed by atoms with Crippen LogP contribution in [0.4, 0.5) is 32.3 Å². The first-order chi connectivity index (χ1) is 25.9. The van der Waals surface area contributed by atoms with Crippen molar-refractivity contribution in [3.63, 3.8) is 0 Å². The van der Waals surface area contributed by atoms with Gasteiger partial charge in [-0.25, -0.2) is 19.1 Å². The Morgan fingerprint density at radius 3 is 2.37 bits per heavy atom. The maximum absolute atomic E-state index is 15.2. The van der Waals surface area contributed by atoms with Gasteiger partial charge in [0.15, 0.2) is 11.6 Å². The number of amides is 2. The molecular formula is C41H52FN7O5. The smallest absolute Gasteiger partial charge is 0.425 e. The van der Waals surface area contributed by atoms with E-state index in [1.165, 1.54) is 24.3 Å². The minimum Gasteiger partial charge on any atom is -0.495 e. The number of anilines is 4. The summed E-state index contributed by atoms with van der Waals surface area (Å²) in [5.41, 5.74) is 2.98. The van der Waals surface area contributed by atoms with Crippen LogP contribution in [0.5, 0.6) is 17.2 Å². The van der Waals surface area contributed by atoms with Crippen molar-refractivity contribution in [3.8, 4) is 17.2 Å². The molecule has 12 nitrogen and oxygen atoms in total. The highest BCUT2D eigenvalue weighted by Gasteiger charge is 2.27. The van der Waals surface area contributed by atoms with Gasteiger partial charge in [0, 0.05) is 68.8 Å². The average Bonchev–Trinajstić information content (AvgIpc) is 3.15. The van der Waals surface area contributed by atoms with Gasteiger partial charge in [-0.05, 0) is 82.0 Å². The number of halogens is 1. The molecule has 0 aliphatic carbocycles. The van der Waals surface area contributed by atoms with Crippen LogP contribution in [-0.4, -0.2) is 90.3 Å². The average molecular weight is 742 g/mol. The SMILES string of the molecule is CCC(C)NC(=O)Cc1ccc(N(C(=O)Oc2c(C)cccc2C)c2ccnc(Nc3ccc(OCCN4CCN(C(C)C)CC4)c(F)c3)n2)c(OC)c1. The standard InChI is InChI=1S/C41H52FN7O5/c1-8-30(6)44-38(50)25-31-12-14-34(36(24-31)52-7)49(41(51)54-39-28(4)10-9-11-29(39)5)37-16-17-43-40(46-37)45-32-13-15-35(33(42)26-32)53-23-22-47-18-20-48(21-19-47)27(2)3/h9-17,24,26-27,30H,8,18-23,25H2,1-7H3,(H,44,50)(H,43,45,46). The first-order valence-electron chi connectivity index (χ1n) is 18.5. The van der Waals surface area contributed by atoms with Crippen molar-refractivity contribution in [1.29, 1.82) is 0 Å². The van der Waals surface area contributed by atoms with E-state index in [4.69, 9.17) is 14.2 Å². The monoisotopic (exact) mass is 741 g/mol. The largest absolute Gasteiger partial charge is 0.495 e. The predicted molar refractivity (Wildman–Crippen MR) is 209 cm³/mol. The number of benzene rings is 3. The second kappa shape index (κ2) is 18.7. The second-order valence-corrected chi connectivity index (χ2v) is 13.8. The molecule has 0 bridgehead atoms. The van der Waals surface area contributed by atoms with Gasteiger partial charge in [-0.3, -0.25) is 14.6 Å². The minimum absolute atomic E-state index is 0.0448. The molecular weight excluding hydrogens is 689 g/mol. The molecule has 5 rings (SSSR count). The Morgan fingerprint density at radius 1 is 0.963 bits per heavy atom. The summed E-state index contributed by atoms with van der Waals surface area (Å²) in [6.07, 6.45) is 1.68. The summed E-state index contributed by atoms with van der Waals surface area (Å²) in [5.74, 6) is 0.534. The van der Waals surface area contributed by atoms with E-state index < -0.39 is 11.9 Å². The Kier molecular flexibility index (Phi) is 13.8. The van der Waals surface area contributed by atoms with Crippen molar-refractivity contribution < 1.29 is 28.2 Å². The van der Waals surface area contributed by atoms with E-state index in [-0.39, 0.29) is 35.9 Å². The van der Waals surface area contributed by atoms with E-state index >= 15 is 4.39 Å². The summed E-state index contributed by atoms with van der Waals surface area (Å²) < 4.78 is 32.7. The summed E-state index contributed by atoms with van der Waals surface area (Å²) >= 11 is 0. The van der Waals surface area contributed by atoms with Crippen LogP contribution in [0.25, 0.3) is 0 Å². The number of rotatable bonds is 15. The van der Waals surface area contributed by atoms with Gasteiger partial charge in [-0.15, -0.1) is 0 Å². The third kappa shape index (κ3) is 10.4. The molecule has 1 aromatic heterocycles. The zero-order valence-corrected chi connectivity index (χ0v) is 32.3. The van der Waals surface area contributed by atoms with Crippen LogP contribution in [0.1, 0.15) is 50.8 Å². The maximum Gasteiger partial charge on any atom is 0.425 e. The molecule has 288 valence electrons. The highest BCUT2D eigenvalue weighted by molar-refractivity contribution is 5.98. The summed E-state index contributed by atoms with van der Waals surface area (Å²) in [5, 5.41) is 6.01. The first kappa shape index (κ1) is 39.9. The third-order valence-corrected chi connectivity index (χ3v) is 9.51. The van der Waals surface area contributed by atoms with Gasteiger partial charge in [0.2, 0.25) is 11.9 Å². The fraction of sp³-hybridized carbons (Fsp3) is 0.415. The molecule has 1 fully saturated rings.